The van der Waals surface area contributed by atoms with Gasteiger partial charge in [-0.25, -0.2) is 0 Å². The highest BCUT2D eigenvalue weighted by atomic mass is 16.5. The number of pyridine rings is 1. The van der Waals surface area contributed by atoms with Gasteiger partial charge in [0.1, 0.15) is 11.8 Å². The SMILES string of the molecule is COc1ccc(C(C(=O)O)N2CCCN(c3ccnc(C)c3)CC2)c(C)c1. The van der Waals surface area contributed by atoms with Crippen LogP contribution in [0.5, 0.6) is 5.75 Å². The third kappa shape index (κ3) is 4.39. The van der Waals surface area contributed by atoms with E-state index in [-0.39, 0.29) is 0 Å². The predicted octanol–water partition coefficient (Wildman–Crippen LogP) is 3.05. The second-order valence-corrected chi connectivity index (χ2v) is 7.00. The summed E-state index contributed by atoms with van der Waals surface area (Å²) in [4.78, 5) is 20.8. The minimum absolute atomic E-state index is 0.643. The van der Waals surface area contributed by atoms with Gasteiger partial charge in [-0.3, -0.25) is 14.7 Å². The molecular formula is C21H27N3O3. The van der Waals surface area contributed by atoms with Crippen molar-refractivity contribution < 1.29 is 14.6 Å². The van der Waals surface area contributed by atoms with E-state index in [9.17, 15) is 9.90 Å². The number of aliphatic carboxylic acids is 1. The van der Waals surface area contributed by atoms with Crippen molar-refractivity contribution in [2.24, 2.45) is 0 Å². The van der Waals surface area contributed by atoms with Gasteiger partial charge in [-0.1, -0.05) is 6.07 Å². The number of benzene rings is 1. The van der Waals surface area contributed by atoms with E-state index in [1.807, 2.05) is 44.3 Å². The maximum atomic E-state index is 12.1. The zero-order chi connectivity index (χ0) is 19.4. The van der Waals surface area contributed by atoms with Gasteiger partial charge in [-0.2, -0.15) is 0 Å². The van der Waals surface area contributed by atoms with Gasteiger partial charge in [0.2, 0.25) is 0 Å². The Labute approximate surface area is 160 Å². The first-order valence-corrected chi connectivity index (χ1v) is 9.28. The van der Waals surface area contributed by atoms with Crippen LogP contribution in [0, 0.1) is 13.8 Å². The molecule has 27 heavy (non-hydrogen) atoms. The van der Waals surface area contributed by atoms with Gasteiger partial charge in [0, 0.05) is 43.8 Å². The monoisotopic (exact) mass is 369 g/mol. The number of carboxylic acid groups (broad SMARTS) is 1. The molecule has 1 N–H and O–H groups in total. The van der Waals surface area contributed by atoms with Crippen LogP contribution >= 0.6 is 0 Å². The fraction of sp³-hybridized carbons (Fsp3) is 0.429. The summed E-state index contributed by atoms with van der Waals surface area (Å²) in [7, 11) is 1.62. The summed E-state index contributed by atoms with van der Waals surface area (Å²) in [6, 6.07) is 9.07. The lowest BCUT2D eigenvalue weighted by Gasteiger charge is -2.29. The average Bonchev–Trinajstić information content (AvgIpc) is 2.89. The number of nitrogens with zero attached hydrogens (tertiary/aromatic N) is 3. The van der Waals surface area contributed by atoms with Crippen molar-refractivity contribution in [2.75, 3.05) is 38.2 Å². The fourth-order valence-corrected chi connectivity index (χ4v) is 3.75. The molecule has 1 aromatic carbocycles. The molecule has 144 valence electrons. The summed E-state index contributed by atoms with van der Waals surface area (Å²) in [5.41, 5.74) is 3.91. The zero-order valence-electron chi connectivity index (χ0n) is 16.2. The van der Waals surface area contributed by atoms with Gasteiger partial charge in [-0.05, 0) is 55.7 Å². The number of carbonyl (C=O) groups is 1. The van der Waals surface area contributed by atoms with Crippen LogP contribution in [-0.4, -0.2) is 54.2 Å². The Morgan fingerprint density at radius 3 is 2.63 bits per heavy atom. The molecule has 6 heteroatoms. The van der Waals surface area contributed by atoms with E-state index in [1.54, 1.807) is 7.11 Å². The number of anilines is 1. The highest BCUT2D eigenvalue weighted by molar-refractivity contribution is 5.76. The molecule has 6 nitrogen and oxygen atoms in total. The summed E-state index contributed by atoms with van der Waals surface area (Å²) in [6.45, 7) is 7.08. The van der Waals surface area contributed by atoms with E-state index in [0.29, 0.717) is 6.54 Å². The van der Waals surface area contributed by atoms with E-state index in [4.69, 9.17) is 4.74 Å². The van der Waals surface area contributed by atoms with Crippen LogP contribution in [0.1, 0.15) is 29.3 Å². The number of methoxy groups -OCH3 is 1. The van der Waals surface area contributed by atoms with Gasteiger partial charge in [0.25, 0.3) is 0 Å². The first-order valence-electron chi connectivity index (χ1n) is 9.28. The minimum atomic E-state index is -0.809. The molecule has 0 amide bonds. The molecule has 0 aliphatic carbocycles. The molecule has 1 saturated heterocycles. The first kappa shape index (κ1) is 19.2. The number of hydrogen-bond acceptors (Lipinski definition) is 5. The van der Waals surface area contributed by atoms with Crippen LogP contribution in [-0.2, 0) is 4.79 Å². The lowest BCUT2D eigenvalue weighted by atomic mass is 9.99. The van der Waals surface area contributed by atoms with Crippen molar-refractivity contribution in [3.8, 4) is 5.75 Å². The quantitative estimate of drug-likeness (QED) is 0.874. The Morgan fingerprint density at radius 2 is 1.96 bits per heavy atom. The molecular weight excluding hydrogens is 342 g/mol. The molecule has 1 atom stereocenters. The summed E-state index contributed by atoms with van der Waals surface area (Å²) < 4.78 is 5.26. The molecule has 2 heterocycles. The number of rotatable bonds is 5. The second-order valence-electron chi connectivity index (χ2n) is 7.00. The maximum absolute atomic E-state index is 12.1. The Kier molecular flexibility index (Phi) is 5.96. The Hall–Kier alpha value is -2.60. The molecule has 0 spiro atoms. The van der Waals surface area contributed by atoms with E-state index in [2.05, 4.69) is 20.9 Å². The highest BCUT2D eigenvalue weighted by Gasteiger charge is 2.30. The molecule has 3 rings (SSSR count). The summed E-state index contributed by atoms with van der Waals surface area (Å²) in [6.07, 6.45) is 2.74. The summed E-state index contributed by atoms with van der Waals surface area (Å²) in [5, 5.41) is 9.95. The Balaban J connectivity index is 1.80. The summed E-state index contributed by atoms with van der Waals surface area (Å²) >= 11 is 0. The molecule has 1 unspecified atom stereocenters. The van der Waals surface area contributed by atoms with Gasteiger partial charge in [0.05, 0.1) is 7.11 Å². The van der Waals surface area contributed by atoms with Gasteiger partial charge in [-0.15, -0.1) is 0 Å². The van der Waals surface area contributed by atoms with Crippen LogP contribution in [0.25, 0.3) is 0 Å². The van der Waals surface area contributed by atoms with Gasteiger partial charge >= 0.3 is 5.97 Å². The lowest BCUT2D eigenvalue weighted by molar-refractivity contribution is -0.143. The summed E-state index contributed by atoms with van der Waals surface area (Å²) in [5.74, 6) is -0.0630. The Morgan fingerprint density at radius 1 is 1.15 bits per heavy atom. The normalized spacial score (nSPS) is 16.6. The fourth-order valence-electron chi connectivity index (χ4n) is 3.75. The smallest absolute Gasteiger partial charge is 0.325 e. The molecule has 2 aromatic rings. The largest absolute Gasteiger partial charge is 0.497 e. The maximum Gasteiger partial charge on any atom is 0.325 e. The van der Waals surface area contributed by atoms with Crippen LogP contribution in [0.4, 0.5) is 5.69 Å². The number of aromatic nitrogens is 1. The zero-order valence-corrected chi connectivity index (χ0v) is 16.2. The van der Waals surface area contributed by atoms with E-state index >= 15 is 0 Å². The Bertz CT molecular complexity index is 809. The van der Waals surface area contributed by atoms with Crippen LogP contribution in [0.15, 0.2) is 36.5 Å². The molecule has 1 aliphatic rings. The van der Waals surface area contributed by atoms with Gasteiger partial charge < -0.3 is 14.7 Å². The molecule has 1 aromatic heterocycles. The molecule has 1 aliphatic heterocycles. The number of carboxylic acids is 1. The van der Waals surface area contributed by atoms with Crippen LogP contribution in [0.2, 0.25) is 0 Å². The van der Waals surface area contributed by atoms with Crippen LogP contribution < -0.4 is 9.64 Å². The minimum Gasteiger partial charge on any atom is -0.497 e. The lowest BCUT2D eigenvalue weighted by Crippen LogP contribution is -2.37. The average molecular weight is 369 g/mol. The van der Waals surface area contributed by atoms with Crippen molar-refractivity contribution in [1.29, 1.82) is 0 Å². The van der Waals surface area contributed by atoms with Crippen LogP contribution in [0.3, 0.4) is 0 Å². The first-order chi connectivity index (χ1) is 13.0. The third-order valence-corrected chi connectivity index (χ3v) is 5.15. The molecule has 0 saturated carbocycles. The second kappa shape index (κ2) is 8.39. The topological polar surface area (TPSA) is 65.9 Å². The van der Waals surface area contributed by atoms with Gasteiger partial charge in [0.15, 0.2) is 0 Å². The van der Waals surface area contributed by atoms with Crippen molar-refractivity contribution in [1.82, 2.24) is 9.88 Å². The molecule has 0 radical (unpaired) electrons. The van der Waals surface area contributed by atoms with Crippen molar-refractivity contribution in [3.05, 3.63) is 53.3 Å². The highest BCUT2D eigenvalue weighted by Crippen LogP contribution is 2.29. The van der Waals surface area contributed by atoms with E-state index in [1.165, 1.54) is 0 Å². The number of aryl methyl sites for hydroxylation is 2. The molecule has 0 bridgehead atoms. The third-order valence-electron chi connectivity index (χ3n) is 5.15. The predicted molar refractivity (Wildman–Crippen MR) is 105 cm³/mol. The van der Waals surface area contributed by atoms with Crippen molar-refractivity contribution >= 4 is 11.7 Å². The standard InChI is InChI=1S/C21H27N3O3/c1-15-13-18(27-3)5-6-19(15)20(21(25)26)24-10-4-9-23(11-12-24)17-7-8-22-16(2)14-17/h5-8,13-14,20H,4,9-12H2,1-3H3,(H,25,26). The molecule has 1 fully saturated rings. The van der Waals surface area contributed by atoms with E-state index < -0.39 is 12.0 Å². The van der Waals surface area contributed by atoms with Crippen molar-refractivity contribution in [3.63, 3.8) is 0 Å². The van der Waals surface area contributed by atoms with E-state index in [0.717, 1.165) is 54.3 Å². The van der Waals surface area contributed by atoms with Crippen molar-refractivity contribution in [2.45, 2.75) is 26.3 Å². The number of hydrogen-bond donors (Lipinski definition) is 1. The number of ether oxygens (including phenoxy) is 1.